The van der Waals surface area contributed by atoms with Crippen molar-refractivity contribution in [2.75, 3.05) is 31.2 Å². The van der Waals surface area contributed by atoms with Crippen molar-refractivity contribution in [1.82, 2.24) is 19.9 Å². The van der Waals surface area contributed by atoms with Crippen LogP contribution in [0, 0.1) is 0 Å². The summed E-state index contributed by atoms with van der Waals surface area (Å²) in [6, 6.07) is 9.09. The maximum Gasteiger partial charge on any atom is 0.354 e. The molecule has 146 valence electrons. The van der Waals surface area contributed by atoms with Gasteiger partial charge in [0, 0.05) is 35.8 Å². The second-order valence-electron chi connectivity index (χ2n) is 6.71. The van der Waals surface area contributed by atoms with Crippen molar-refractivity contribution in [1.29, 1.82) is 0 Å². The molecule has 5 rings (SSSR count). The number of aromatic carboxylic acids is 1. The average Bonchev–Trinajstić information content (AvgIpc) is 3.23. The maximum absolute atomic E-state index is 11.5. The molecule has 0 radical (unpaired) electrons. The smallest absolute Gasteiger partial charge is 0.354 e. The highest BCUT2D eigenvalue weighted by molar-refractivity contribution is 6.35. The normalized spacial score (nSPS) is 14.6. The van der Waals surface area contributed by atoms with Crippen LogP contribution in [0.2, 0.25) is 5.02 Å². The number of hydrogen-bond donors (Lipinski definition) is 2. The first-order valence-electron chi connectivity index (χ1n) is 9.12. The van der Waals surface area contributed by atoms with E-state index < -0.39 is 5.97 Å². The van der Waals surface area contributed by atoms with Gasteiger partial charge in [0.2, 0.25) is 5.95 Å². The third kappa shape index (κ3) is 3.06. The number of benzene rings is 1. The number of hydrogen-bond acceptors (Lipinski definition) is 6. The van der Waals surface area contributed by atoms with E-state index in [2.05, 4.69) is 15.0 Å². The Morgan fingerprint density at radius 1 is 1.14 bits per heavy atom. The van der Waals surface area contributed by atoms with E-state index in [1.54, 1.807) is 0 Å². The van der Waals surface area contributed by atoms with Crippen LogP contribution in [0.25, 0.3) is 33.2 Å². The summed E-state index contributed by atoms with van der Waals surface area (Å²) in [4.78, 5) is 30.5. The molecule has 4 heterocycles. The Labute approximate surface area is 170 Å². The number of anilines is 1. The van der Waals surface area contributed by atoms with Crippen LogP contribution < -0.4 is 4.90 Å². The van der Waals surface area contributed by atoms with Gasteiger partial charge in [-0.25, -0.2) is 19.7 Å². The van der Waals surface area contributed by atoms with Gasteiger partial charge in [0.05, 0.1) is 18.2 Å². The van der Waals surface area contributed by atoms with Crippen molar-refractivity contribution < 1.29 is 14.6 Å². The molecule has 8 nitrogen and oxygen atoms in total. The fourth-order valence-corrected chi connectivity index (χ4v) is 3.79. The van der Waals surface area contributed by atoms with Gasteiger partial charge in [-0.1, -0.05) is 23.7 Å². The number of rotatable bonds is 3. The Kier molecular flexibility index (Phi) is 4.30. The molecule has 1 saturated heterocycles. The molecule has 1 aromatic carbocycles. The summed E-state index contributed by atoms with van der Waals surface area (Å²) in [5.74, 6) is -0.632. The van der Waals surface area contributed by atoms with Gasteiger partial charge >= 0.3 is 5.97 Å². The highest BCUT2D eigenvalue weighted by Crippen LogP contribution is 2.35. The summed E-state index contributed by atoms with van der Waals surface area (Å²) < 4.78 is 5.43. The molecule has 3 aromatic heterocycles. The van der Waals surface area contributed by atoms with E-state index in [0.717, 1.165) is 16.5 Å². The minimum absolute atomic E-state index is 0.146. The second kappa shape index (κ2) is 6.98. The Hall–Kier alpha value is -3.23. The van der Waals surface area contributed by atoms with Gasteiger partial charge in [0.25, 0.3) is 0 Å². The molecule has 0 atom stereocenters. The van der Waals surface area contributed by atoms with E-state index in [1.807, 2.05) is 35.4 Å². The molecule has 0 saturated carbocycles. The molecule has 1 aliphatic heterocycles. The van der Waals surface area contributed by atoms with Crippen LogP contribution in [0.4, 0.5) is 5.95 Å². The van der Waals surface area contributed by atoms with E-state index in [1.165, 1.54) is 6.07 Å². The van der Waals surface area contributed by atoms with E-state index in [4.69, 9.17) is 21.3 Å². The number of aromatic amines is 1. The van der Waals surface area contributed by atoms with E-state index in [-0.39, 0.29) is 10.7 Å². The molecule has 0 unspecified atom stereocenters. The first-order chi connectivity index (χ1) is 14.1. The lowest BCUT2D eigenvalue weighted by molar-refractivity contribution is 0.0691. The number of carbonyl (C=O) groups is 1. The van der Waals surface area contributed by atoms with Gasteiger partial charge in [0.1, 0.15) is 16.7 Å². The highest BCUT2D eigenvalue weighted by Gasteiger charge is 2.22. The number of morpholine rings is 1. The molecule has 0 spiro atoms. The summed E-state index contributed by atoms with van der Waals surface area (Å²) in [5.41, 5.74) is 2.97. The molecule has 29 heavy (non-hydrogen) atoms. The number of fused-ring (bicyclic) bond motifs is 2. The lowest BCUT2D eigenvalue weighted by atomic mass is 10.1. The third-order valence-corrected chi connectivity index (χ3v) is 5.25. The number of nitrogens with one attached hydrogen (secondary N) is 1. The molecule has 0 aliphatic carbocycles. The Balaban J connectivity index is 1.83. The average molecular weight is 410 g/mol. The van der Waals surface area contributed by atoms with Crippen molar-refractivity contribution in [2.45, 2.75) is 0 Å². The van der Waals surface area contributed by atoms with Crippen molar-refractivity contribution in [3.05, 3.63) is 47.2 Å². The first kappa shape index (κ1) is 17.8. The molecule has 1 fully saturated rings. The number of ether oxygens (including phenoxy) is 1. The minimum atomic E-state index is -1.16. The molecule has 0 bridgehead atoms. The summed E-state index contributed by atoms with van der Waals surface area (Å²) in [5, 5.41) is 10.6. The van der Waals surface area contributed by atoms with Crippen LogP contribution in [-0.4, -0.2) is 57.3 Å². The maximum atomic E-state index is 11.5. The van der Waals surface area contributed by atoms with Crippen LogP contribution in [0.5, 0.6) is 0 Å². The van der Waals surface area contributed by atoms with Gasteiger partial charge < -0.3 is 19.7 Å². The van der Waals surface area contributed by atoms with Crippen molar-refractivity contribution >= 4 is 45.5 Å². The Bertz CT molecular complexity index is 1250. The second-order valence-corrected chi connectivity index (χ2v) is 7.11. The SMILES string of the molecule is O=C(O)c1cc(Cl)c2nc(N3CCOCC3)nc(-c3cccc4[nH]ccc34)c2n1. The first-order valence-corrected chi connectivity index (χ1v) is 9.50. The summed E-state index contributed by atoms with van der Waals surface area (Å²) in [6.45, 7) is 2.51. The highest BCUT2D eigenvalue weighted by atomic mass is 35.5. The van der Waals surface area contributed by atoms with Gasteiger partial charge in [0.15, 0.2) is 5.69 Å². The third-order valence-electron chi connectivity index (χ3n) is 4.96. The molecule has 4 aromatic rings. The van der Waals surface area contributed by atoms with Crippen LogP contribution in [0.15, 0.2) is 36.5 Å². The lowest BCUT2D eigenvalue weighted by Crippen LogP contribution is -2.37. The van der Waals surface area contributed by atoms with E-state index in [0.29, 0.717) is 49.0 Å². The zero-order valence-corrected chi connectivity index (χ0v) is 16.0. The molecular weight excluding hydrogens is 394 g/mol. The van der Waals surface area contributed by atoms with Crippen molar-refractivity contribution in [2.24, 2.45) is 0 Å². The van der Waals surface area contributed by atoms with Crippen molar-refractivity contribution in [3.8, 4) is 11.3 Å². The number of nitrogens with zero attached hydrogens (tertiary/aromatic N) is 4. The molecule has 9 heteroatoms. The fourth-order valence-electron chi connectivity index (χ4n) is 3.55. The number of pyridine rings is 1. The minimum Gasteiger partial charge on any atom is -0.477 e. The Morgan fingerprint density at radius 3 is 2.76 bits per heavy atom. The van der Waals surface area contributed by atoms with E-state index >= 15 is 0 Å². The van der Waals surface area contributed by atoms with Gasteiger partial charge in [-0.3, -0.25) is 0 Å². The van der Waals surface area contributed by atoms with Crippen LogP contribution in [0.3, 0.4) is 0 Å². The van der Waals surface area contributed by atoms with Gasteiger partial charge in [-0.05, 0) is 18.2 Å². The summed E-state index contributed by atoms with van der Waals surface area (Å²) >= 11 is 6.43. The number of carboxylic acids is 1. The van der Waals surface area contributed by atoms with E-state index in [9.17, 15) is 9.90 Å². The summed E-state index contributed by atoms with van der Waals surface area (Å²) in [7, 11) is 0. The topological polar surface area (TPSA) is 104 Å². The van der Waals surface area contributed by atoms with Crippen LogP contribution >= 0.6 is 11.6 Å². The molecule has 0 amide bonds. The number of aromatic nitrogens is 4. The lowest BCUT2D eigenvalue weighted by Gasteiger charge is -2.27. The number of H-pyrrole nitrogens is 1. The van der Waals surface area contributed by atoms with Gasteiger partial charge in [-0.15, -0.1) is 0 Å². The quantitative estimate of drug-likeness (QED) is 0.534. The van der Waals surface area contributed by atoms with Crippen LogP contribution in [-0.2, 0) is 4.74 Å². The number of carboxylic acid groups (broad SMARTS) is 1. The van der Waals surface area contributed by atoms with Gasteiger partial charge in [-0.2, -0.15) is 0 Å². The zero-order chi connectivity index (χ0) is 20.0. The van der Waals surface area contributed by atoms with Crippen molar-refractivity contribution in [3.63, 3.8) is 0 Å². The Morgan fingerprint density at radius 2 is 1.97 bits per heavy atom. The fraction of sp³-hybridized carbons (Fsp3) is 0.200. The number of halogens is 1. The summed E-state index contributed by atoms with van der Waals surface area (Å²) in [6.07, 6.45) is 1.85. The largest absolute Gasteiger partial charge is 0.477 e. The molecule has 2 N–H and O–H groups in total. The molecular formula is C20H16ClN5O3. The standard InChI is InChI=1S/C20H16ClN5O3/c21-13-10-15(19(27)28)23-18-16(12-2-1-3-14-11(12)4-5-22-14)24-20(25-17(13)18)26-6-8-29-9-7-26/h1-5,10,22H,6-9H2,(H,27,28). The zero-order valence-electron chi connectivity index (χ0n) is 15.2. The molecule has 1 aliphatic rings. The van der Waals surface area contributed by atoms with Crippen LogP contribution in [0.1, 0.15) is 10.5 Å². The monoisotopic (exact) mass is 409 g/mol. The predicted molar refractivity (Wildman–Crippen MR) is 110 cm³/mol. The predicted octanol–water partition coefficient (Wildman–Crippen LogP) is 3.36.